The average Bonchev–Trinajstić information content (AvgIpc) is 3.90. The Morgan fingerprint density at radius 3 is 2.55 bits per heavy atom. The fourth-order valence-electron chi connectivity index (χ4n) is 5.95. The minimum atomic E-state index is -0.214. The van der Waals surface area contributed by atoms with Crippen molar-refractivity contribution in [3.05, 3.63) is 117 Å². The summed E-state index contributed by atoms with van der Waals surface area (Å²) in [5.41, 5.74) is 5.28. The molecule has 3 aromatic heterocycles. The first-order valence-electron chi connectivity index (χ1n) is 14.9. The Morgan fingerprint density at radius 2 is 1.80 bits per heavy atom. The number of ether oxygens (including phenoxy) is 1. The second-order valence-electron chi connectivity index (χ2n) is 11.6. The Labute approximate surface area is 254 Å². The fourth-order valence-corrected chi connectivity index (χ4v) is 5.95. The van der Waals surface area contributed by atoms with Crippen molar-refractivity contribution in [2.45, 2.75) is 25.7 Å². The Hall–Kier alpha value is -5.02. The van der Waals surface area contributed by atoms with E-state index in [1.165, 1.54) is 29.2 Å². The lowest BCUT2D eigenvalue weighted by molar-refractivity contribution is 0.0302. The summed E-state index contributed by atoms with van der Waals surface area (Å²) in [6.07, 6.45) is 7.60. The van der Waals surface area contributed by atoms with Crippen LogP contribution in [0, 0.1) is 6.92 Å². The van der Waals surface area contributed by atoms with Gasteiger partial charge in [0, 0.05) is 49.7 Å². The predicted molar refractivity (Wildman–Crippen MR) is 171 cm³/mol. The van der Waals surface area contributed by atoms with Gasteiger partial charge in [-0.1, -0.05) is 24.3 Å². The van der Waals surface area contributed by atoms with Gasteiger partial charge in [-0.15, -0.1) is 0 Å². The van der Waals surface area contributed by atoms with Gasteiger partial charge in [0.05, 0.1) is 24.5 Å². The van der Waals surface area contributed by atoms with Crippen LogP contribution in [0.2, 0.25) is 0 Å². The third kappa shape index (κ3) is 5.20. The van der Waals surface area contributed by atoms with E-state index >= 15 is 0 Å². The average molecular weight is 588 g/mol. The summed E-state index contributed by atoms with van der Waals surface area (Å²) < 4.78 is 8.56. The molecule has 0 unspecified atom stereocenters. The fraction of sp³-hybridized carbons (Fsp3) is 0.257. The van der Waals surface area contributed by atoms with Gasteiger partial charge >= 0.3 is 0 Å². The van der Waals surface area contributed by atoms with E-state index in [1.807, 2.05) is 43.5 Å². The summed E-state index contributed by atoms with van der Waals surface area (Å²) in [5, 5.41) is 4.79. The van der Waals surface area contributed by atoms with Crippen molar-refractivity contribution in [2.24, 2.45) is 7.05 Å². The number of rotatable bonds is 6. The third-order valence-corrected chi connectivity index (χ3v) is 8.61. The number of benzene rings is 2. The number of pyridine rings is 3. The molecule has 222 valence electrons. The maximum absolute atomic E-state index is 13.6. The number of nitrogens with zero attached hydrogens (tertiary/aromatic N) is 4. The molecular formula is C35H33N5O4. The molecule has 9 heteroatoms. The van der Waals surface area contributed by atoms with Crippen LogP contribution in [0.1, 0.15) is 40.2 Å². The lowest BCUT2D eigenvalue weighted by Crippen LogP contribution is -2.40. The zero-order valence-electron chi connectivity index (χ0n) is 24.7. The SMILES string of the molecule is Cc1c(-c2cc(Nc3ccc(C(=O)N4CCOCC4)cn3)c(=O)n(C)c2)cccc1-n1ccc2cc(C3CC3)ccc2c1=O. The second kappa shape index (κ2) is 11.2. The molecule has 1 aliphatic heterocycles. The zero-order chi connectivity index (χ0) is 30.4. The summed E-state index contributed by atoms with van der Waals surface area (Å²) in [5.74, 6) is 0.992. The van der Waals surface area contributed by atoms with Crippen molar-refractivity contribution in [1.82, 2.24) is 19.0 Å². The summed E-state index contributed by atoms with van der Waals surface area (Å²) in [6.45, 7) is 4.15. The van der Waals surface area contributed by atoms with E-state index in [1.54, 1.807) is 40.9 Å². The van der Waals surface area contributed by atoms with Crippen LogP contribution in [-0.4, -0.2) is 51.2 Å². The van der Waals surface area contributed by atoms with Gasteiger partial charge in [0.25, 0.3) is 17.0 Å². The number of nitrogens with one attached hydrogen (secondary N) is 1. The standard InChI is InChI=1S/C35H33N5O4/c1-22-28(4-3-5-31(22)40-13-12-25-18-24(23-6-7-23)8-10-29(25)34(40)42)27-19-30(35(43)38(2)21-27)37-32-11-9-26(20-36-32)33(41)39-14-16-44-17-15-39/h3-5,8-13,18-21,23H,6-7,14-17H2,1-2H3,(H,36,37). The molecule has 1 saturated carbocycles. The first-order chi connectivity index (χ1) is 21.4. The van der Waals surface area contributed by atoms with Crippen molar-refractivity contribution in [1.29, 1.82) is 0 Å². The molecule has 0 bridgehead atoms. The maximum atomic E-state index is 13.6. The molecule has 1 amide bonds. The van der Waals surface area contributed by atoms with Crippen LogP contribution in [0.15, 0.2) is 88.8 Å². The van der Waals surface area contributed by atoms with Crippen molar-refractivity contribution in [3.63, 3.8) is 0 Å². The van der Waals surface area contributed by atoms with Crippen LogP contribution in [0.3, 0.4) is 0 Å². The molecule has 0 spiro atoms. The van der Waals surface area contributed by atoms with E-state index in [0.717, 1.165) is 27.8 Å². The molecule has 2 aliphatic rings. The van der Waals surface area contributed by atoms with Crippen LogP contribution >= 0.6 is 0 Å². The number of morpholine rings is 1. The summed E-state index contributed by atoms with van der Waals surface area (Å²) in [7, 11) is 1.71. The van der Waals surface area contributed by atoms with Crippen LogP contribution in [-0.2, 0) is 11.8 Å². The van der Waals surface area contributed by atoms with Gasteiger partial charge in [-0.3, -0.25) is 19.0 Å². The number of amides is 1. The lowest BCUT2D eigenvalue weighted by atomic mass is 9.99. The van der Waals surface area contributed by atoms with Crippen LogP contribution in [0.4, 0.5) is 11.5 Å². The molecular weight excluding hydrogens is 554 g/mol. The zero-order valence-corrected chi connectivity index (χ0v) is 24.7. The molecule has 2 fully saturated rings. The van der Waals surface area contributed by atoms with E-state index < -0.39 is 0 Å². The largest absolute Gasteiger partial charge is 0.378 e. The van der Waals surface area contributed by atoms with Crippen molar-refractivity contribution in [2.75, 3.05) is 31.6 Å². The molecule has 44 heavy (non-hydrogen) atoms. The van der Waals surface area contributed by atoms with Gasteiger partial charge < -0.3 is 19.5 Å². The van der Waals surface area contributed by atoms with E-state index in [2.05, 4.69) is 22.4 Å². The molecule has 0 atom stereocenters. The van der Waals surface area contributed by atoms with Crippen LogP contribution in [0.5, 0.6) is 0 Å². The number of aromatic nitrogens is 3. The quantitative estimate of drug-likeness (QED) is 0.295. The Bertz CT molecular complexity index is 2020. The van der Waals surface area contributed by atoms with E-state index in [4.69, 9.17) is 4.74 Å². The van der Waals surface area contributed by atoms with Crippen LogP contribution < -0.4 is 16.4 Å². The van der Waals surface area contributed by atoms with Gasteiger partial charge in [-0.2, -0.15) is 0 Å². The third-order valence-electron chi connectivity index (χ3n) is 8.61. The minimum absolute atomic E-state index is 0.0606. The summed E-state index contributed by atoms with van der Waals surface area (Å²) in [6, 6.07) is 19.2. The molecule has 7 rings (SSSR count). The molecule has 5 aromatic rings. The first kappa shape index (κ1) is 27.8. The number of carbonyl (C=O) groups excluding carboxylic acids is 1. The number of hydrogen-bond donors (Lipinski definition) is 1. The molecule has 1 saturated heterocycles. The summed E-state index contributed by atoms with van der Waals surface area (Å²) in [4.78, 5) is 45.7. The minimum Gasteiger partial charge on any atom is -0.378 e. The van der Waals surface area contributed by atoms with Crippen molar-refractivity contribution >= 4 is 28.2 Å². The highest BCUT2D eigenvalue weighted by atomic mass is 16.5. The van der Waals surface area contributed by atoms with Gasteiger partial charge in [-0.25, -0.2) is 4.98 Å². The normalized spacial score (nSPS) is 15.0. The van der Waals surface area contributed by atoms with E-state index in [9.17, 15) is 14.4 Å². The van der Waals surface area contributed by atoms with E-state index in [-0.39, 0.29) is 17.0 Å². The highest BCUT2D eigenvalue weighted by molar-refractivity contribution is 5.94. The second-order valence-corrected chi connectivity index (χ2v) is 11.6. The molecule has 9 nitrogen and oxygen atoms in total. The number of carbonyl (C=O) groups is 1. The van der Waals surface area contributed by atoms with E-state index in [0.29, 0.717) is 54.7 Å². The Kier molecular flexibility index (Phi) is 7.10. The van der Waals surface area contributed by atoms with Crippen molar-refractivity contribution < 1.29 is 9.53 Å². The highest BCUT2D eigenvalue weighted by Crippen LogP contribution is 2.40. The van der Waals surface area contributed by atoms with Gasteiger partial charge in [-0.05, 0) is 84.2 Å². The monoisotopic (exact) mass is 587 g/mol. The Morgan fingerprint density at radius 1 is 0.977 bits per heavy atom. The van der Waals surface area contributed by atoms with Gasteiger partial charge in [0.15, 0.2) is 0 Å². The molecule has 4 heterocycles. The highest BCUT2D eigenvalue weighted by Gasteiger charge is 2.24. The van der Waals surface area contributed by atoms with Gasteiger partial charge in [0.1, 0.15) is 11.5 Å². The smallest absolute Gasteiger partial charge is 0.274 e. The molecule has 0 radical (unpaired) electrons. The van der Waals surface area contributed by atoms with Crippen LogP contribution in [0.25, 0.3) is 27.6 Å². The number of aryl methyl sites for hydroxylation is 1. The van der Waals surface area contributed by atoms with Gasteiger partial charge in [0.2, 0.25) is 0 Å². The molecule has 2 aromatic carbocycles. The van der Waals surface area contributed by atoms with Crippen molar-refractivity contribution in [3.8, 4) is 16.8 Å². The first-order valence-corrected chi connectivity index (χ1v) is 14.9. The number of anilines is 2. The maximum Gasteiger partial charge on any atom is 0.274 e. The lowest BCUT2D eigenvalue weighted by Gasteiger charge is -2.26. The summed E-state index contributed by atoms with van der Waals surface area (Å²) >= 11 is 0. The Balaban J connectivity index is 1.19. The molecule has 1 aliphatic carbocycles. The number of hydrogen-bond acceptors (Lipinski definition) is 6. The predicted octanol–water partition coefficient (Wildman–Crippen LogP) is 5.15. The number of fused-ring (bicyclic) bond motifs is 1. The molecule has 1 N–H and O–H groups in total. The topological polar surface area (TPSA) is 98.5 Å².